The average Bonchev–Trinajstić information content (AvgIpc) is 2.37. The third kappa shape index (κ3) is 3.60. The van der Waals surface area contributed by atoms with Gasteiger partial charge in [0, 0.05) is 43.4 Å². The first-order valence-corrected chi connectivity index (χ1v) is 6.51. The number of nitrogens with zero attached hydrogens (tertiary/aromatic N) is 2. The van der Waals surface area contributed by atoms with E-state index in [-0.39, 0.29) is 0 Å². The molecule has 0 radical (unpaired) electrons. The molecule has 1 heterocycles. The molecule has 3 nitrogen and oxygen atoms in total. The summed E-state index contributed by atoms with van der Waals surface area (Å²) in [7, 11) is 3.77. The molecule has 0 bridgehead atoms. The maximum Gasteiger partial charge on any atom is 0.0645 e. The summed E-state index contributed by atoms with van der Waals surface area (Å²) in [6.07, 6.45) is 0. The van der Waals surface area contributed by atoms with Gasteiger partial charge in [-0.25, -0.2) is 0 Å². The molecule has 0 saturated carbocycles. The van der Waals surface area contributed by atoms with Crippen molar-refractivity contribution in [2.24, 2.45) is 0 Å². The van der Waals surface area contributed by atoms with Gasteiger partial charge in [-0.1, -0.05) is 17.7 Å². The molecule has 0 unspecified atom stereocenters. The van der Waals surface area contributed by atoms with Gasteiger partial charge in [0.2, 0.25) is 0 Å². The minimum atomic E-state index is 0.816. The van der Waals surface area contributed by atoms with Crippen LogP contribution in [0.3, 0.4) is 0 Å². The fourth-order valence-electron chi connectivity index (χ4n) is 2.18. The van der Waals surface area contributed by atoms with Gasteiger partial charge in [-0.2, -0.15) is 7.05 Å². The molecule has 0 aromatic heterocycles. The molecule has 1 saturated heterocycles. The van der Waals surface area contributed by atoms with E-state index in [1.165, 1.54) is 5.69 Å². The highest BCUT2D eigenvalue weighted by atomic mass is 35.5. The Morgan fingerprint density at radius 1 is 1.24 bits per heavy atom. The summed E-state index contributed by atoms with van der Waals surface area (Å²) < 4.78 is 0. The molecular weight excluding hydrogens is 234 g/mol. The molecule has 0 atom stereocenters. The lowest BCUT2D eigenvalue weighted by Gasteiger charge is -2.35. The summed E-state index contributed by atoms with van der Waals surface area (Å²) in [5.74, 6) is 0. The van der Waals surface area contributed by atoms with Crippen LogP contribution < -0.4 is 10.2 Å². The quantitative estimate of drug-likeness (QED) is 0.803. The number of piperazine rings is 1. The van der Waals surface area contributed by atoms with E-state index in [0.717, 1.165) is 44.3 Å². The molecule has 0 amide bonds. The predicted octanol–water partition coefficient (Wildman–Crippen LogP) is 0.817. The van der Waals surface area contributed by atoms with E-state index in [4.69, 9.17) is 11.6 Å². The van der Waals surface area contributed by atoms with Gasteiger partial charge >= 0.3 is 0 Å². The van der Waals surface area contributed by atoms with Gasteiger partial charge in [0.15, 0.2) is 0 Å². The van der Waals surface area contributed by atoms with Crippen LogP contribution in [0.4, 0.5) is 5.69 Å². The summed E-state index contributed by atoms with van der Waals surface area (Å²) in [5, 5.41) is 2.81. The lowest BCUT2D eigenvalue weighted by Crippen LogP contribution is -2.79. The highest BCUT2D eigenvalue weighted by Crippen LogP contribution is 2.20. The molecule has 1 aromatic rings. The SMILES string of the molecule is [CH2-][NH2+]CCN1CCN(c2cccc(Cl)c2)CC1. The molecule has 0 aliphatic carbocycles. The van der Waals surface area contributed by atoms with Crippen LogP contribution in [0.2, 0.25) is 5.02 Å². The monoisotopic (exact) mass is 253 g/mol. The number of anilines is 1. The number of hydrogen-bond acceptors (Lipinski definition) is 2. The Bertz CT molecular complexity index is 348. The van der Waals surface area contributed by atoms with Gasteiger partial charge in [0.1, 0.15) is 0 Å². The lowest BCUT2D eigenvalue weighted by atomic mass is 10.2. The molecule has 0 spiro atoms. The fraction of sp³-hybridized carbons (Fsp3) is 0.462. The maximum absolute atomic E-state index is 6.01. The minimum absolute atomic E-state index is 0.816. The van der Waals surface area contributed by atoms with Crippen molar-refractivity contribution in [3.05, 3.63) is 36.3 Å². The molecule has 1 fully saturated rings. The normalized spacial score (nSPS) is 17.4. The average molecular weight is 254 g/mol. The molecule has 2 N–H and O–H groups in total. The number of quaternary nitrogens is 1. The van der Waals surface area contributed by atoms with Crippen molar-refractivity contribution in [2.45, 2.75) is 0 Å². The standard InChI is InChI=1S/C13H20ClN3/c1-15-5-6-16-7-9-17(10-8-16)13-4-2-3-12(14)11-13/h2-4,11H,1,5-10,15H2. The highest BCUT2D eigenvalue weighted by molar-refractivity contribution is 6.30. The Hall–Kier alpha value is -0.770. The van der Waals surface area contributed by atoms with Gasteiger partial charge in [-0.3, -0.25) is 4.90 Å². The fourth-order valence-corrected chi connectivity index (χ4v) is 2.36. The van der Waals surface area contributed by atoms with Crippen LogP contribution in [-0.2, 0) is 0 Å². The topological polar surface area (TPSA) is 23.1 Å². The number of rotatable bonds is 4. The van der Waals surface area contributed by atoms with E-state index in [0.29, 0.717) is 0 Å². The lowest BCUT2D eigenvalue weighted by molar-refractivity contribution is -0.595. The van der Waals surface area contributed by atoms with Crippen LogP contribution in [0.15, 0.2) is 24.3 Å². The Morgan fingerprint density at radius 3 is 2.65 bits per heavy atom. The minimum Gasteiger partial charge on any atom is -0.478 e. The zero-order valence-corrected chi connectivity index (χ0v) is 10.9. The summed E-state index contributed by atoms with van der Waals surface area (Å²) in [6, 6.07) is 8.11. The second-order valence-corrected chi connectivity index (χ2v) is 4.82. The molecule has 2 rings (SSSR count). The summed E-state index contributed by atoms with van der Waals surface area (Å²) >= 11 is 6.01. The van der Waals surface area contributed by atoms with Crippen LogP contribution in [0, 0.1) is 7.05 Å². The van der Waals surface area contributed by atoms with E-state index < -0.39 is 0 Å². The molecule has 1 aliphatic heterocycles. The largest absolute Gasteiger partial charge is 0.478 e. The Kier molecular flexibility index (Phi) is 4.66. The van der Waals surface area contributed by atoms with E-state index in [1.54, 1.807) is 0 Å². The molecule has 1 aliphatic rings. The van der Waals surface area contributed by atoms with Crippen molar-refractivity contribution in [3.8, 4) is 0 Å². The highest BCUT2D eigenvalue weighted by Gasteiger charge is 2.16. The molecule has 17 heavy (non-hydrogen) atoms. The third-order valence-electron chi connectivity index (χ3n) is 3.20. The van der Waals surface area contributed by atoms with Crippen LogP contribution in [0.25, 0.3) is 0 Å². The number of hydrogen-bond donors (Lipinski definition) is 1. The van der Waals surface area contributed by atoms with Crippen molar-refractivity contribution < 1.29 is 5.32 Å². The van der Waals surface area contributed by atoms with Gasteiger partial charge < -0.3 is 10.2 Å². The first-order valence-electron chi connectivity index (χ1n) is 6.13. The van der Waals surface area contributed by atoms with Crippen molar-refractivity contribution in [1.82, 2.24) is 4.90 Å². The van der Waals surface area contributed by atoms with Crippen LogP contribution in [0.5, 0.6) is 0 Å². The second-order valence-electron chi connectivity index (χ2n) is 4.39. The number of benzene rings is 1. The van der Waals surface area contributed by atoms with E-state index in [2.05, 4.69) is 22.9 Å². The molecular formula is C13H20ClN3. The van der Waals surface area contributed by atoms with Crippen LogP contribution in [-0.4, -0.2) is 44.2 Å². The second kappa shape index (κ2) is 6.24. The summed E-state index contributed by atoms with van der Waals surface area (Å²) in [6.45, 7) is 6.62. The van der Waals surface area contributed by atoms with E-state index in [1.807, 2.05) is 23.5 Å². The number of nitrogens with two attached hydrogens (primary N) is 1. The van der Waals surface area contributed by atoms with Gasteiger partial charge in [0.05, 0.1) is 6.54 Å². The molecule has 4 heteroatoms. The van der Waals surface area contributed by atoms with Crippen molar-refractivity contribution in [2.75, 3.05) is 44.2 Å². The zero-order valence-electron chi connectivity index (χ0n) is 10.1. The zero-order chi connectivity index (χ0) is 12.1. The Balaban J connectivity index is 1.86. The van der Waals surface area contributed by atoms with Gasteiger partial charge in [-0.15, -0.1) is 0 Å². The molecule has 94 valence electrons. The molecule has 1 aromatic carbocycles. The van der Waals surface area contributed by atoms with Gasteiger partial charge in [-0.05, 0) is 18.2 Å². The van der Waals surface area contributed by atoms with E-state index >= 15 is 0 Å². The Labute approximate surface area is 108 Å². The summed E-state index contributed by atoms with van der Waals surface area (Å²) in [5.41, 5.74) is 1.24. The van der Waals surface area contributed by atoms with Crippen LogP contribution >= 0.6 is 11.6 Å². The van der Waals surface area contributed by atoms with Crippen LogP contribution in [0.1, 0.15) is 0 Å². The maximum atomic E-state index is 6.01. The smallest absolute Gasteiger partial charge is 0.0645 e. The van der Waals surface area contributed by atoms with Gasteiger partial charge in [0.25, 0.3) is 0 Å². The summed E-state index contributed by atoms with van der Waals surface area (Å²) in [4.78, 5) is 4.89. The first-order chi connectivity index (χ1) is 8.29. The predicted molar refractivity (Wildman–Crippen MR) is 72.3 cm³/mol. The first kappa shape index (κ1) is 12.7. The Morgan fingerprint density at radius 2 is 2.00 bits per heavy atom. The number of halogens is 1. The van der Waals surface area contributed by atoms with E-state index in [9.17, 15) is 0 Å². The third-order valence-corrected chi connectivity index (χ3v) is 3.43. The van der Waals surface area contributed by atoms with Crippen molar-refractivity contribution in [3.63, 3.8) is 0 Å². The van der Waals surface area contributed by atoms with Crippen molar-refractivity contribution >= 4 is 17.3 Å². The van der Waals surface area contributed by atoms with Crippen molar-refractivity contribution in [1.29, 1.82) is 0 Å².